The Morgan fingerprint density at radius 1 is 1.04 bits per heavy atom. The number of rotatable bonds is 5. The highest BCUT2D eigenvalue weighted by molar-refractivity contribution is 7.92. The molecule has 138 valence electrons. The first kappa shape index (κ1) is 18.6. The van der Waals surface area contributed by atoms with E-state index in [9.17, 15) is 13.2 Å². The zero-order chi connectivity index (χ0) is 19.1. The van der Waals surface area contributed by atoms with E-state index in [1.165, 1.54) is 0 Å². The molecule has 0 amide bonds. The van der Waals surface area contributed by atoms with Crippen molar-refractivity contribution >= 4 is 15.8 Å². The van der Waals surface area contributed by atoms with E-state index in [1.54, 1.807) is 31.2 Å². The molecule has 0 aliphatic heterocycles. The Labute approximate surface area is 154 Å². The van der Waals surface area contributed by atoms with Crippen LogP contribution in [0, 0.1) is 13.8 Å². The molecule has 3 rings (SSSR count). The molecule has 0 saturated heterocycles. The summed E-state index contributed by atoms with van der Waals surface area (Å²) in [6.07, 6.45) is 0. The number of sulfone groups is 1. The molecule has 2 aromatic carbocycles. The Balaban J connectivity index is 2.06. The van der Waals surface area contributed by atoms with Crippen LogP contribution >= 0.6 is 0 Å². The van der Waals surface area contributed by atoms with E-state index < -0.39 is 32.5 Å². The van der Waals surface area contributed by atoms with Gasteiger partial charge in [0.2, 0.25) is 0 Å². The molecule has 1 fully saturated rings. The highest BCUT2D eigenvalue weighted by Gasteiger charge is 2.74. The molecule has 1 saturated carbocycles. The smallest absolute Gasteiger partial charge is 0.328 e. The van der Waals surface area contributed by atoms with Crippen molar-refractivity contribution in [3.8, 4) is 0 Å². The van der Waals surface area contributed by atoms with Crippen LogP contribution in [0.2, 0.25) is 0 Å². The molecule has 2 aromatic rings. The van der Waals surface area contributed by atoms with Crippen LogP contribution in [0.25, 0.3) is 0 Å². The van der Waals surface area contributed by atoms with E-state index in [0.717, 1.165) is 16.7 Å². The van der Waals surface area contributed by atoms with Crippen molar-refractivity contribution in [2.24, 2.45) is 5.73 Å². The van der Waals surface area contributed by atoms with Crippen LogP contribution in [-0.2, 0) is 19.4 Å². The summed E-state index contributed by atoms with van der Waals surface area (Å²) in [6, 6.07) is 14.0. The Hall–Kier alpha value is -2.18. The minimum absolute atomic E-state index is 0.149. The van der Waals surface area contributed by atoms with Gasteiger partial charge in [-0.3, -0.25) is 0 Å². The van der Waals surface area contributed by atoms with Crippen LogP contribution in [-0.4, -0.2) is 31.8 Å². The maximum Gasteiger partial charge on any atom is 0.328 e. The van der Waals surface area contributed by atoms with Crippen molar-refractivity contribution in [3.05, 3.63) is 65.2 Å². The fourth-order valence-electron chi connectivity index (χ4n) is 3.41. The minimum Gasteiger partial charge on any atom is -0.465 e. The second-order valence-electron chi connectivity index (χ2n) is 6.82. The van der Waals surface area contributed by atoms with Gasteiger partial charge >= 0.3 is 5.97 Å². The number of nitrogens with two attached hydrogens (primary N) is 1. The van der Waals surface area contributed by atoms with Gasteiger partial charge in [-0.15, -0.1) is 0 Å². The maximum atomic E-state index is 13.2. The Kier molecular flexibility index (Phi) is 4.67. The first-order valence-corrected chi connectivity index (χ1v) is 10.1. The molecule has 6 heteroatoms. The second kappa shape index (κ2) is 6.52. The SMILES string of the molecule is CCOC(=O)[C@]1(N)[C@H](c2ccc(C)cc2)[C@@H]1S(=O)(=O)c1ccc(C)cc1. The van der Waals surface area contributed by atoms with Gasteiger partial charge < -0.3 is 10.5 Å². The van der Waals surface area contributed by atoms with E-state index in [-0.39, 0.29) is 11.5 Å². The molecule has 5 nitrogen and oxygen atoms in total. The second-order valence-corrected chi connectivity index (χ2v) is 8.89. The van der Waals surface area contributed by atoms with Crippen molar-refractivity contribution in [1.82, 2.24) is 0 Å². The number of esters is 1. The molecule has 0 spiro atoms. The monoisotopic (exact) mass is 373 g/mol. The number of carbonyl (C=O) groups excluding carboxylic acids is 1. The van der Waals surface area contributed by atoms with E-state index >= 15 is 0 Å². The lowest BCUT2D eigenvalue weighted by molar-refractivity contribution is -0.145. The Bertz CT molecular complexity index is 919. The lowest BCUT2D eigenvalue weighted by Crippen LogP contribution is -2.41. The Morgan fingerprint density at radius 2 is 1.54 bits per heavy atom. The number of carbonyl (C=O) groups is 1. The molecule has 0 radical (unpaired) electrons. The summed E-state index contributed by atoms with van der Waals surface area (Å²) < 4.78 is 31.5. The lowest BCUT2D eigenvalue weighted by atomic mass is 10.1. The zero-order valence-corrected chi connectivity index (χ0v) is 15.9. The zero-order valence-electron chi connectivity index (χ0n) is 15.1. The van der Waals surface area contributed by atoms with Crippen LogP contribution in [0.1, 0.15) is 29.5 Å². The van der Waals surface area contributed by atoms with Crippen LogP contribution < -0.4 is 5.73 Å². The summed E-state index contributed by atoms with van der Waals surface area (Å²) in [5.41, 5.74) is 7.49. The van der Waals surface area contributed by atoms with Gasteiger partial charge in [0, 0.05) is 5.92 Å². The van der Waals surface area contributed by atoms with Gasteiger partial charge in [-0.05, 0) is 38.5 Å². The third-order valence-electron chi connectivity index (χ3n) is 4.93. The van der Waals surface area contributed by atoms with Crippen LogP contribution in [0.4, 0.5) is 0 Å². The summed E-state index contributed by atoms with van der Waals surface area (Å²) in [7, 11) is -3.79. The molecule has 0 heterocycles. The van der Waals surface area contributed by atoms with Gasteiger partial charge in [-0.25, -0.2) is 13.2 Å². The molecule has 0 unspecified atom stereocenters. The van der Waals surface area contributed by atoms with E-state index in [0.29, 0.717) is 0 Å². The summed E-state index contributed by atoms with van der Waals surface area (Å²) >= 11 is 0. The molecule has 2 N–H and O–H groups in total. The van der Waals surface area contributed by atoms with Gasteiger partial charge in [0.05, 0.1) is 11.5 Å². The average Bonchev–Trinajstić information content (AvgIpc) is 3.25. The normalized spacial score (nSPS) is 24.9. The van der Waals surface area contributed by atoms with Gasteiger partial charge in [0.1, 0.15) is 10.8 Å². The number of ether oxygens (including phenoxy) is 1. The number of benzene rings is 2. The first-order chi connectivity index (χ1) is 12.2. The molecular weight excluding hydrogens is 350 g/mol. The average molecular weight is 373 g/mol. The number of aryl methyl sites for hydroxylation is 2. The van der Waals surface area contributed by atoms with Gasteiger partial charge in [-0.2, -0.15) is 0 Å². The highest BCUT2D eigenvalue weighted by Crippen LogP contribution is 2.56. The standard InChI is InChI=1S/C20H23NO4S/c1-4-25-19(22)20(21)17(15-9-5-13(2)6-10-15)18(20)26(23,24)16-11-7-14(3)8-12-16/h5-12,17-18H,4,21H2,1-3H3/t17-,18+,20+/m1/s1. The first-order valence-electron chi connectivity index (χ1n) is 8.56. The fraction of sp³-hybridized carbons (Fsp3) is 0.350. The fourth-order valence-corrected chi connectivity index (χ4v) is 5.64. The van der Waals surface area contributed by atoms with Gasteiger partial charge in [0.25, 0.3) is 0 Å². The highest BCUT2D eigenvalue weighted by atomic mass is 32.2. The predicted octanol–water partition coefficient (Wildman–Crippen LogP) is 2.50. The molecule has 0 aromatic heterocycles. The molecular formula is C20H23NO4S. The van der Waals surface area contributed by atoms with Crippen molar-refractivity contribution in [3.63, 3.8) is 0 Å². The molecule has 1 aliphatic carbocycles. The van der Waals surface area contributed by atoms with E-state index in [4.69, 9.17) is 10.5 Å². The third-order valence-corrected chi connectivity index (χ3v) is 7.19. The third kappa shape index (κ3) is 2.93. The van der Waals surface area contributed by atoms with Crippen LogP contribution in [0.15, 0.2) is 53.4 Å². The molecule has 3 atom stereocenters. The molecule has 0 bridgehead atoms. The Morgan fingerprint density at radius 3 is 2.04 bits per heavy atom. The maximum absolute atomic E-state index is 13.2. The molecule has 26 heavy (non-hydrogen) atoms. The summed E-state index contributed by atoms with van der Waals surface area (Å²) in [4.78, 5) is 12.7. The number of hydrogen-bond acceptors (Lipinski definition) is 5. The quantitative estimate of drug-likeness (QED) is 0.814. The van der Waals surface area contributed by atoms with Crippen molar-refractivity contribution in [2.75, 3.05) is 6.61 Å². The van der Waals surface area contributed by atoms with Crippen molar-refractivity contribution < 1.29 is 17.9 Å². The van der Waals surface area contributed by atoms with Crippen LogP contribution in [0.5, 0.6) is 0 Å². The van der Waals surface area contributed by atoms with Crippen LogP contribution in [0.3, 0.4) is 0 Å². The van der Waals surface area contributed by atoms with Gasteiger partial charge in [0.15, 0.2) is 9.84 Å². The summed E-state index contributed by atoms with van der Waals surface area (Å²) in [6.45, 7) is 5.65. The topological polar surface area (TPSA) is 86.5 Å². The largest absolute Gasteiger partial charge is 0.465 e. The predicted molar refractivity (Wildman–Crippen MR) is 99.6 cm³/mol. The van der Waals surface area contributed by atoms with Gasteiger partial charge in [-0.1, -0.05) is 47.5 Å². The summed E-state index contributed by atoms with van der Waals surface area (Å²) in [5, 5.41) is -1.04. The summed E-state index contributed by atoms with van der Waals surface area (Å²) in [5.74, 6) is -1.31. The van der Waals surface area contributed by atoms with Crippen molar-refractivity contribution in [1.29, 1.82) is 0 Å². The molecule has 1 aliphatic rings. The lowest BCUT2D eigenvalue weighted by Gasteiger charge is -2.11. The number of hydrogen-bond donors (Lipinski definition) is 1. The minimum atomic E-state index is -3.79. The van der Waals surface area contributed by atoms with E-state index in [1.807, 2.05) is 38.1 Å². The van der Waals surface area contributed by atoms with Crippen molar-refractivity contribution in [2.45, 2.75) is 42.4 Å². The van der Waals surface area contributed by atoms with E-state index in [2.05, 4.69) is 0 Å².